The third-order valence-corrected chi connectivity index (χ3v) is 3.93. The van der Waals surface area contributed by atoms with E-state index >= 15 is 0 Å². The molecule has 4 N–H and O–H groups in total. The lowest BCUT2D eigenvalue weighted by molar-refractivity contribution is 0.0696. The number of rotatable bonds is 3. The summed E-state index contributed by atoms with van der Waals surface area (Å²) >= 11 is 0. The number of phenolic OH excluding ortho intramolecular Hbond substituents is 1. The maximum absolute atomic E-state index is 10.2. The van der Waals surface area contributed by atoms with Gasteiger partial charge >= 0.3 is 5.97 Å². The lowest BCUT2D eigenvalue weighted by atomic mass is 10.1. The Labute approximate surface area is 140 Å². The molecule has 0 saturated heterocycles. The van der Waals surface area contributed by atoms with Crippen LogP contribution < -0.4 is 5.73 Å². The maximum Gasteiger partial charge on any atom is 0.337 e. The molecule has 2 heterocycles. The molecule has 0 atom stereocenters. The van der Waals surface area contributed by atoms with E-state index in [-0.39, 0.29) is 5.56 Å². The number of aromatic nitrogens is 2. The molecular weight excluding hydrogens is 306 g/mol. The molecule has 0 saturated carbocycles. The first-order chi connectivity index (χ1) is 11.5. The molecule has 0 bridgehead atoms. The van der Waals surface area contributed by atoms with Crippen molar-refractivity contribution in [2.24, 2.45) is 12.8 Å². The van der Waals surface area contributed by atoms with Crippen LogP contribution in [0.4, 0.5) is 0 Å². The molecule has 0 aliphatic rings. The van der Waals surface area contributed by atoms with Crippen molar-refractivity contribution >= 4 is 16.9 Å². The van der Waals surface area contributed by atoms with Crippen molar-refractivity contribution in [3.8, 4) is 5.75 Å². The molecule has 126 valence electrons. The summed E-state index contributed by atoms with van der Waals surface area (Å²) in [6.07, 6.45) is 3.65. The molecule has 6 heteroatoms. The van der Waals surface area contributed by atoms with E-state index in [4.69, 9.17) is 10.8 Å². The van der Waals surface area contributed by atoms with Crippen molar-refractivity contribution < 1.29 is 15.0 Å². The van der Waals surface area contributed by atoms with Crippen LogP contribution in [0.3, 0.4) is 0 Å². The molecule has 0 aliphatic carbocycles. The molecule has 0 aliphatic heterocycles. The van der Waals surface area contributed by atoms with Crippen LogP contribution >= 0.6 is 0 Å². The van der Waals surface area contributed by atoms with Gasteiger partial charge in [-0.15, -0.1) is 0 Å². The van der Waals surface area contributed by atoms with Crippen LogP contribution in [0.5, 0.6) is 5.75 Å². The molecule has 0 unspecified atom stereocenters. The van der Waals surface area contributed by atoms with Crippen LogP contribution in [0, 0.1) is 6.92 Å². The number of aromatic hydroxyl groups is 1. The van der Waals surface area contributed by atoms with Crippen molar-refractivity contribution in [3.05, 3.63) is 59.5 Å². The number of pyridine rings is 1. The Morgan fingerprint density at radius 2 is 2.04 bits per heavy atom. The van der Waals surface area contributed by atoms with E-state index in [1.807, 2.05) is 19.2 Å². The zero-order valence-electron chi connectivity index (χ0n) is 13.7. The van der Waals surface area contributed by atoms with Crippen molar-refractivity contribution in [3.63, 3.8) is 0 Å². The largest absolute Gasteiger partial charge is 0.507 e. The lowest BCUT2D eigenvalue weighted by Crippen LogP contribution is -2.04. The molecule has 0 radical (unpaired) electrons. The van der Waals surface area contributed by atoms with Gasteiger partial charge in [-0.05, 0) is 49.7 Å². The summed E-state index contributed by atoms with van der Waals surface area (Å²) in [5, 5.41) is 19.2. The van der Waals surface area contributed by atoms with Crippen LogP contribution in [0.1, 0.15) is 21.6 Å². The standard InChI is InChI=1S/C12H16N2O.C6H5NO2/c1-8-9(6-7-13)12-10(14(8)2)4-3-5-11(12)15;8-6(9)5-2-1-3-7-4-5/h3-5,15H,6-7,13H2,1-2H3;1-4H,(H,8,9). The van der Waals surface area contributed by atoms with Crippen molar-refractivity contribution in [2.75, 3.05) is 6.54 Å². The topological polar surface area (TPSA) is 101 Å². The monoisotopic (exact) mass is 327 g/mol. The summed E-state index contributed by atoms with van der Waals surface area (Å²) in [6, 6.07) is 8.69. The number of carboxylic acids is 1. The van der Waals surface area contributed by atoms with E-state index in [0.717, 1.165) is 22.9 Å². The predicted molar refractivity (Wildman–Crippen MR) is 93.3 cm³/mol. The first kappa shape index (κ1) is 17.5. The van der Waals surface area contributed by atoms with Gasteiger partial charge in [-0.2, -0.15) is 0 Å². The maximum atomic E-state index is 10.2. The number of fused-ring (bicyclic) bond motifs is 1. The summed E-state index contributed by atoms with van der Waals surface area (Å²) in [4.78, 5) is 13.8. The summed E-state index contributed by atoms with van der Waals surface area (Å²) < 4.78 is 2.10. The van der Waals surface area contributed by atoms with Gasteiger partial charge in [-0.3, -0.25) is 4.98 Å². The van der Waals surface area contributed by atoms with Gasteiger partial charge in [0.25, 0.3) is 0 Å². The highest BCUT2D eigenvalue weighted by Crippen LogP contribution is 2.32. The minimum atomic E-state index is -0.942. The van der Waals surface area contributed by atoms with E-state index in [1.165, 1.54) is 24.2 Å². The van der Waals surface area contributed by atoms with Gasteiger partial charge in [0.1, 0.15) is 5.75 Å². The zero-order valence-corrected chi connectivity index (χ0v) is 13.7. The van der Waals surface area contributed by atoms with Gasteiger partial charge in [-0.1, -0.05) is 6.07 Å². The summed E-state index contributed by atoms with van der Waals surface area (Å²) in [7, 11) is 2.01. The summed E-state index contributed by atoms with van der Waals surface area (Å²) in [6.45, 7) is 2.67. The second-order valence-electron chi connectivity index (χ2n) is 5.38. The highest BCUT2D eigenvalue weighted by atomic mass is 16.4. The molecule has 0 amide bonds. The first-order valence-corrected chi connectivity index (χ1v) is 7.56. The third-order valence-electron chi connectivity index (χ3n) is 3.93. The second kappa shape index (κ2) is 7.61. The Morgan fingerprint density at radius 1 is 1.29 bits per heavy atom. The van der Waals surface area contributed by atoms with Crippen LogP contribution in [0.2, 0.25) is 0 Å². The Morgan fingerprint density at radius 3 is 2.58 bits per heavy atom. The van der Waals surface area contributed by atoms with Crippen LogP contribution in [-0.4, -0.2) is 32.3 Å². The van der Waals surface area contributed by atoms with Crippen molar-refractivity contribution in [2.45, 2.75) is 13.3 Å². The highest BCUT2D eigenvalue weighted by molar-refractivity contribution is 5.91. The number of hydrogen-bond acceptors (Lipinski definition) is 4. The van der Waals surface area contributed by atoms with E-state index in [1.54, 1.807) is 12.1 Å². The SMILES string of the molecule is Cc1c(CCN)c2c(O)cccc2n1C.O=C(O)c1cccnc1. The fourth-order valence-electron chi connectivity index (χ4n) is 2.62. The molecule has 24 heavy (non-hydrogen) atoms. The van der Waals surface area contributed by atoms with E-state index in [9.17, 15) is 9.90 Å². The zero-order chi connectivity index (χ0) is 17.7. The van der Waals surface area contributed by atoms with Gasteiger partial charge in [0.2, 0.25) is 0 Å². The summed E-state index contributed by atoms with van der Waals surface area (Å²) in [5.41, 5.74) is 9.21. The number of carboxylic acid groups (broad SMARTS) is 1. The normalized spacial score (nSPS) is 10.3. The number of benzene rings is 1. The van der Waals surface area contributed by atoms with Gasteiger partial charge in [-0.25, -0.2) is 4.79 Å². The number of nitrogens with two attached hydrogens (primary N) is 1. The fraction of sp³-hybridized carbons (Fsp3) is 0.222. The van der Waals surface area contributed by atoms with Gasteiger partial charge in [0.15, 0.2) is 0 Å². The van der Waals surface area contributed by atoms with Gasteiger partial charge < -0.3 is 20.5 Å². The minimum Gasteiger partial charge on any atom is -0.507 e. The molecule has 6 nitrogen and oxygen atoms in total. The number of carbonyl (C=O) groups is 1. The molecule has 3 rings (SSSR count). The number of phenols is 1. The smallest absolute Gasteiger partial charge is 0.337 e. The molecule has 0 spiro atoms. The highest BCUT2D eigenvalue weighted by Gasteiger charge is 2.13. The van der Waals surface area contributed by atoms with E-state index < -0.39 is 5.97 Å². The molecule has 3 aromatic rings. The fourth-order valence-corrected chi connectivity index (χ4v) is 2.62. The predicted octanol–water partition coefficient (Wildman–Crippen LogP) is 2.47. The molecular formula is C18H21N3O3. The van der Waals surface area contributed by atoms with Crippen LogP contribution in [0.15, 0.2) is 42.7 Å². The first-order valence-electron chi connectivity index (χ1n) is 7.56. The number of nitrogens with zero attached hydrogens (tertiary/aromatic N) is 2. The second-order valence-corrected chi connectivity index (χ2v) is 5.38. The summed E-state index contributed by atoms with van der Waals surface area (Å²) in [5.74, 6) is -0.595. The average Bonchev–Trinajstić information content (AvgIpc) is 2.83. The van der Waals surface area contributed by atoms with E-state index in [2.05, 4.69) is 16.5 Å². The van der Waals surface area contributed by atoms with Gasteiger partial charge in [0.05, 0.1) is 11.1 Å². The van der Waals surface area contributed by atoms with Crippen LogP contribution in [-0.2, 0) is 13.5 Å². The molecule has 1 aromatic carbocycles. The Kier molecular flexibility index (Phi) is 5.55. The average molecular weight is 327 g/mol. The van der Waals surface area contributed by atoms with Crippen LogP contribution in [0.25, 0.3) is 10.9 Å². The quantitative estimate of drug-likeness (QED) is 0.686. The molecule has 2 aromatic heterocycles. The Hall–Kier alpha value is -2.86. The minimum absolute atomic E-state index is 0.220. The molecule has 0 fully saturated rings. The number of aromatic carboxylic acids is 1. The number of aryl methyl sites for hydroxylation is 1. The lowest BCUT2D eigenvalue weighted by Gasteiger charge is -2.00. The van der Waals surface area contributed by atoms with Crippen molar-refractivity contribution in [1.29, 1.82) is 0 Å². The third kappa shape index (κ3) is 3.55. The van der Waals surface area contributed by atoms with Crippen molar-refractivity contribution in [1.82, 2.24) is 9.55 Å². The van der Waals surface area contributed by atoms with Gasteiger partial charge in [0, 0.05) is 30.5 Å². The Balaban J connectivity index is 0.000000198. The van der Waals surface area contributed by atoms with E-state index in [0.29, 0.717) is 12.3 Å². The number of hydrogen-bond donors (Lipinski definition) is 3. The Bertz CT molecular complexity index is 842.